The molecular weight excluding hydrogens is 571 g/mol. The molecule has 1 N–H and O–H groups in total. The van der Waals surface area contributed by atoms with Crippen molar-refractivity contribution in [1.82, 2.24) is 14.7 Å². The van der Waals surface area contributed by atoms with E-state index in [1.165, 1.54) is 4.68 Å². The number of hydrogen-bond acceptors (Lipinski definition) is 5. The van der Waals surface area contributed by atoms with Gasteiger partial charge in [0.15, 0.2) is 0 Å². The Hall–Kier alpha value is -3.73. The van der Waals surface area contributed by atoms with Crippen molar-refractivity contribution >= 4 is 34.9 Å². The third-order valence-electron chi connectivity index (χ3n) is 8.48. The molecule has 3 atom stereocenters. The smallest absolute Gasteiger partial charge is 0.339 e. The molecule has 1 saturated carbocycles. The van der Waals surface area contributed by atoms with Gasteiger partial charge >= 0.3 is 5.97 Å². The van der Waals surface area contributed by atoms with Gasteiger partial charge in [-0.1, -0.05) is 29.8 Å². The van der Waals surface area contributed by atoms with Crippen LogP contribution in [0.5, 0.6) is 0 Å². The molecule has 42 heavy (non-hydrogen) atoms. The second-order valence-corrected chi connectivity index (χ2v) is 11.6. The number of alkyl halides is 3. The van der Waals surface area contributed by atoms with E-state index in [0.717, 1.165) is 28.7 Å². The molecule has 3 aliphatic rings. The highest BCUT2D eigenvalue weighted by atomic mass is 35.5. The lowest BCUT2D eigenvalue weighted by Crippen LogP contribution is -2.49. The van der Waals surface area contributed by atoms with Crippen molar-refractivity contribution in [2.24, 2.45) is 5.92 Å². The highest BCUT2D eigenvalue weighted by molar-refractivity contribution is 6.31. The van der Waals surface area contributed by atoms with Crippen LogP contribution in [-0.4, -0.2) is 77.1 Å². The van der Waals surface area contributed by atoms with Crippen LogP contribution >= 0.6 is 11.6 Å². The standard InChI is InChI=1S/C30H31ClF3N5O3/c31-19-5-8-22(18-3-6-20(7-4-18)36-10-12-37(13-11-36)29(40)23-15-25(23)32)26(14-19)38-9-1-2-21(17-38)39-27(28(33)34)24(16-35-39)30(41)42/h3-8,14,16,21,23,25,28H,1-2,9-13,15,17H2,(H,41,42)/t21?,23-,25+/m0/s1. The van der Waals surface area contributed by atoms with Gasteiger partial charge in [-0.3, -0.25) is 9.48 Å². The van der Waals surface area contributed by atoms with Crippen molar-refractivity contribution in [3.8, 4) is 11.1 Å². The van der Waals surface area contributed by atoms with Crippen molar-refractivity contribution in [1.29, 1.82) is 0 Å². The number of carboxylic acid groups (broad SMARTS) is 1. The van der Waals surface area contributed by atoms with E-state index in [4.69, 9.17) is 11.6 Å². The number of piperidine rings is 1. The van der Waals surface area contributed by atoms with Gasteiger partial charge in [0.05, 0.1) is 18.2 Å². The van der Waals surface area contributed by atoms with E-state index in [0.29, 0.717) is 63.6 Å². The molecule has 3 fully saturated rings. The minimum atomic E-state index is -2.96. The van der Waals surface area contributed by atoms with Crippen LogP contribution in [0.15, 0.2) is 48.7 Å². The number of aromatic carboxylic acids is 1. The van der Waals surface area contributed by atoms with Gasteiger partial charge < -0.3 is 19.8 Å². The molecule has 3 aromatic rings. The number of hydrogen-bond donors (Lipinski definition) is 1. The number of piperazine rings is 1. The Bertz CT molecular complexity index is 1480. The summed E-state index contributed by atoms with van der Waals surface area (Å²) >= 11 is 6.41. The Morgan fingerprint density at radius 3 is 2.36 bits per heavy atom. The van der Waals surface area contributed by atoms with Gasteiger partial charge in [0.25, 0.3) is 6.43 Å². The van der Waals surface area contributed by atoms with Crippen molar-refractivity contribution in [3.05, 3.63) is 64.9 Å². The Morgan fingerprint density at radius 1 is 1.00 bits per heavy atom. The Labute approximate surface area is 246 Å². The second kappa shape index (κ2) is 11.5. The van der Waals surface area contributed by atoms with Crippen molar-refractivity contribution in [2.75, 3.05) is 49.1 Å². The number of aromatic nitrogens is 2. The minimum Gasteiger partial charge on any atom is -0.478 e. The fourth-order valence-electron chi connectivity index (χ4n) is 6.12. The third kappa shape index (κ3) is 5.54. The quantitative estimate of drug-likeness (QED) is 0.375. The highest BCUT2D eigenvalue weighted by Gasteiger charge is 2.46. The van der Waals surface area contributed by atoms with E-state index in [9.17, 15) is 27.9 Å². The number of amides is 1. The average Bonchev–Trinajstić information content (AvgIpc) is 3.55. The zero-order chi connectivity index (χ0) is 29.5. The molecule has 0 radical (unpaired) electrons. The van der Waals surface area contributed by atoms with Crippen LogP contribution in [0.4, 0.5) is 24.5 Å². The van der Waals surface area contributed by atoms with Crippen LogP contribution in [0, 0.1) is 5.92 Å². The fraction of sp³-hybridized carbons (Fsp3) is 0.433. The van der Waals surface area contributed by atoms with E-state index in [2.05, 4.69) is 14.9 Å². The summed E-state index contributed by atoms with van der Waals surface area (Å²) in [4.78, 5) is 29.9. The molecule has 2 aliphatic heterocycles. The zero-order valence-electron chi connectivity index (χ0n) is 22.8. The van der Waals surface area contributed by atoms with Crippen molar-refractivity contribution < 1.29 is 27.9 Å². The van der Waals surface area contributed by atoms with Crippen LogP contribution in [0.25, 0.3) is 11.1 Å². The van der Waals surface area contributed by atoms with Gasteiger partial charge in [0, 0.05) is 61.2 Å². The minimum absolute atomic E-state index is 0.0759. The van der Waals surface area contributed by atoms with E-state index in [1.807, 2.05) is 42.5 Å². The molecule has 1 amide bonds. The number of carboxylic acids is 1. The van der Waals surface area contributed by atoms with E-state index in [1.54, 1.807) is 4.90 Å². The average molecular weight is 602 g/mol. The Morgan fingerprint density at radius 2 is 1.71 bits per heavy atom. The molecule has 0 bridgehead atoms. The first-order valence-corrected chi connectivity index (χ1v) is 14.5. The monoisotopic (exact) mass is 601 g/mol. The lowest BCUT2D eigenvalue weighted by Gasteiger charge is -2.37. The summed E-state index contributed by atoms with van der Waals surface area (Å²) in [7, 11) is 0. The summed E-state index contributed by atoms with van der Waals surface area (Å²) in [5.74, 6) is -1.95. The van der Waals surface area contributed by atoms with Crippen molar-refractivity contribution in [2.45, 2.75) is 37.9 Å². The van der Waals surface area contributed by atoms with Crippen LogP contribution < -0.4 is 9.80 Å². The van der Waals surface area contributed by atoms with Gasteiger partial charge in [-0.15, -0.1) is 0 Å². The van der Waals surface area contributed by atoms with Crippen LogP contribution in [0.3, 0.4) is 0 Å². The van der Waals surface area contributed by atoms with Crippen molar-refractivity contribution in [3.63, 3.8) is 0 Å². The number of rotatable bonds is 7. The zero-order valence-corrected chi connectivity index (χ0v) is 23.6. The maximum absolute atomic E-state index is 13.9. The summed E-state index contributed by atoms with van der Waals surface area (Å²) in [5.41, 5.74) is 2.75. The van der Waals surface area contributed by atoms with Gasteiger partial charge in [0.2, 0.25) is 5.91 Å². The SMILES string of the molecule is O=C(O)c1cnn(C2CCCN(c3cc(Cl)ccc3-c3ccc(N4CCN(C(=O)[C@H]5C[C@H]5F)CC4)cc3)C2)c1C(F)F. The van der Waals surface area contributed by atoms with Gasteiger partial charge in [0.1, 0.15) is 17.4 Å². The summed E-state index contributed by atoms with van der Waals surface area (Å²) in [6, 6.07) is 13.3. The van der Waals surface area contributed by atoms with E-state index in [-0.39, 0.29) is 5.91 Å². The first kappa shape index (κ1) is 28.4. The second-order valence-electron chi connectivity index (χ2n) is 11.1. The summed E-state index contributed by atoms with van der Waals surface area (Å²) < 4.78 is 42.2. The predicted molar refractivity (Wildman–Crippen MR) is 153 cm³/mol. The van der Waals surface area contributed by atoms with Gasteiger partial charge in [-0.05, 0) is 49.1 Å². The fourth-order valence-corrected chi connectivity index (χ4v) is 6.29. The number of nitrogens with zero attached hydrogens (tertiary/aromatic N) is 5. The molecule has 0 spiro atoms. The van der Waals surface area contributed by atoms with E-state index < -0.39 is 41.8 Å². The normalized spacial score (nSPS) is 22.5. The van der Waals surface area contributed by atoms with Gasteiger partial charge in [-0.25, -0.2) is 18.0 Å². The van der Waals surface area contributed by atoms with Crippen LogP contribution in [0.2, 0.25) is 5.02 Å². The van der Waals surface area contributed by atoms with E-state index >= 15 is 0 Å². The maximum Gasteiger partial charge on any atom is 0.339 e. The highest BCUT2D eigenvalue weighted by Crippen LogP contribution is 2.39. The number of carbonyl (C=O) groups excluding carboxylic acids is 1. The lowest BCUT2D eigenvalue weighted by molar-refractivity contribution is -0.133. The Kier molecular flexibility index (Phi) is 7.78. The predicted octanol–water partition coefficient (Wildman–Crippen LogP) is 5.69. The number of benzene rings is 2. The lowest BCUT2D eigenvalue weighted by atomic mass is 9.99. The van der Waals surface area contributed by atoms with Gasteiger partial charge in [-0.2, -0.15) is 5.10 Å². The molecule has 1 aromatic heterocycles. The molecule has 222 valence electrons. The number of carbonyl (C=O) groups is 2. The number of halogens is 4. The molecule has 2 saturated heterocycles. The first-order valence-electron chi connectivity index (χ1n) is 14.1. The maximum atomic E-state index is 13.9. The topological polar surface area (TPSA) is 81.9 Å². The third-order valence-corrected chi connectivity index (χ3v) is 8.71. The summed E-state index contributed by atoms with van der Waals surface area (Å²) in [6.07, 6.45) is -1.30. The molecular formula is C30H31ClF3N5O3. The van der Waals surface area contributed by atoms with Crippen LogP contribution in [0.1, 0.15) is 47.8 Å². The molecule has 2 aromatic carbocycles. The first-order chi connectivity index (χ1) is 20.2. The number of anilines is 2. The molecule has 8 nitrogen and oxygen atoms in total. The molecule has 1 unspecified atom stereocenters. The Balaban J connectivity index is 1.19. The summed E-state index contributed by atoms with van der Waals surface area (Å²) in [5, 5.41) is 14.0. The largest absolute Gasteiger partial charge is 0.478 e. The molecule has 3 heterocycles. The molecule has 1 aliphatic carbocycles. The molecule has 12 heteroatoms. The van der Waals surface area contributed by atoms with Crippen LogP contribution in [-0.2, 0) is 4.79 Å². The summed E-state index contributed by atoms with van der Waals surface area (Å²) in [6.45, 7) is 3.55. The molecule has 6 rings (SSSR count).